The molecule has 1 aromatic heterocycles. The second-order valence-corrected chi connectivity index (χ2v) is 9.01. The highest BCUT2D eigenvalue weighted by Crippen LogP contribution is 2.31. The average molecular weight is 468 g/mol. The first-order chi connectivity index (χ1) is 15.3. The molecule has 0 unspecified atom stereocenters. The number of nitrogens with one attached hydrogen (secondary N) is 2. The van der Waals surface area contributed by atoms with Crippen molar-refractivity contribution in [3.05, 3.63) is 66.1 Å². The minimum Gasteiger partial charge on any atom is -0.506 e. The number of phenolic OH excluding ortho intramolecular Hbond substituents is 1. The Hall–Kier alpha value is -3.16. The SMILES string of the molecule is CC(C)(C)c1ccc(O)c(NC(=O)c2cncc(-c3ccc(N4CCNCC4)cc3)n2)c1.Cl. The van der Waals surface area contributed by atoms with Crippen LogP contribution >= 0.6 is 12.4 Å². The molecule has 1 aliphatic heterocycles. The van der Waals surface area contributed by atoms with Crippen LogP contribution in [0.4, 0.5) is 11.4 Å². The zero-order valence-electron chi connectivity index (χ0n) is 19.1. The lowest BCUT2D eigenvalue weighted by molar-refractivity contribution is 0.102. The highest BCUT2D eigenvalue weighted by Gasteiger charge is 2.18. The van der Waals surface area contributed by atoms with Crippen molar-refractivity contribution in [3.63, 3.8) is 0 Å². The van der Waals surface area contributed by atoms with Gasteiger partial charge in [-0.15, -0.1) is 12.4 Å². The molecule has 8 heteroatoms. The number of benzene rings is 2. The van der Waals surface area contributed by atoms with Crippen LogP contribution in [0.1, 0.15) is 36.8 Å². The second kappa shape index (κ2) is 10.2. The van der Waals surface area contributed by atoms with E-state index in [1.807, 2.05) is 18.2 Å². The Balaban J connectivity index is 0.00000306. The van der Waals surface area contributed by atoms with E-state index in [2.05, 4.69) is 58.4 Å². The van der Waals surface area contributed by atoms with E-state index in [4.69, 9.17) is 0 Å². The lowest BCUT2D eigenvalue weighted by Crippen LogP contribution is -2.43. The van der Waals surface area contributed by atoms with E-state index in [9.17, 15) is 9.90 Å². The molecule has 3 N–H and O–H groups in total. The van der Waals surface area contributed by atoms with Gasteiger partial charge in [0.15, 0.2) is 0 Å². The summed E-state index contributed by atoms with van der Waals surface area (Å²) < 4.78 is 0. The van der Waals surface area contributed by atoms with Crippen molar-refractivity contribution in [1.29, 1.82) is 0 Å². The fourth-order valence-electron chi connectivity index (χ4n) is 3.67. The Morgan fingerprint density at radius 2 is 1.76 bits per heavy atom. The molecule has 0 atom stereocenters. The van der Waals surface area contributed by atoms with Crippen LogP contribution in [-0.2, 0) is 5.41 Å². The number of hydrogen-bond acceptors (Lipinski definition) is 6. The molecule has 7 nitrogen and oxygen atoms in total. The van der Waals surface area contributed by atoms with Gasteiger partial charge in [-0.1, -0.05) is 39.0 Å². The number of amides is 1. The largest absolute Gasteiger partial charge is 0.506 e. The smallest absolute Gasteiger partial charge is 0.275 e. The predicted octanol–water partition coefficient (Wildman–Crippen LogP) is 4.23. The third-order valence-corrected chi connectivity index (χ3v) is 5.62. The van der Waals surface area contributed by atoms with Gasteiger partial charge < -0.3 is 20.6 Å². The molecule has 1 saturated heterocycles. The summed E-state index contributed by atoms with van der Waals surface area (Å²) in [4.78, 5) is 23.9. The van der Waals surface area contributed by atoms with Gasteiger partial charge in [0.25, 0.3) is 5.91 Å². The van der Waals surface area contributed by atoms with Crippen molar-refractivity contribution >= 4 is 29.7 Å². The Kier molecular flexibility index (Phi) is 7.56. The molecular formula is C25H30ClN5O2. The molecule has 174 valence electrons. The number of aromatic nitrogens is 2. The molecule has 0 bridgehead atoms. The normalized spacial score (nSPS) is 13.8. The molecule has 3 aromatic rings. The van der Waals surface area contributed by atoms with Crippen LogP contribution in [0.2, 0.25) is 0 Å². The minimum atomic E-state index is -0.418. The van der Waals surface area contributed by atoms with Crippen LogP contribution in [0.15, 0.2) is 54.9 Å². The van der Waals surface area contributed by atoms with Crippen LogP contribution in [0.3, 0.4) is 0 Å². The van der Waals surface area contributed by atoms with Crippen LogP contribution in [-0.4, -0.2) is 47.2 Å². The molecule has 0 radical (unpaired) electrons. The molecule has 1 amide bonds. The van der Waals surface area contributed by atoms with Gasteiger partial charge in [-0.2, -0.15) is 0 Å². The molecule has 1 fully saturated rings. The summed E-state index contributed by atoms with van der Waals surface area (Å²) in [5.41, 5.74) is 4.13. The number of hydrogen-bond donors (Lipinski definition) is 3. The van der Waals surface area contributed by atoms with Gasteiger partial charge in [0.1, 0.15) is 11.4 Å². The van der Waals surface area contributed by atoms with Gasteiger partial charge in [-0.05, 0) is 35.2 Å². The summed E-state index contributed by atoms with van der Waals surface area (Å²) in [6, 6.07) is 13.4. The molecule has 2 aromatic carbocycles. The number of carbonyl (C=O) groups is 1. The summed E-state index contributed by atoms with van der Waals surface area (Å²) in [5, 5.41) is 16.3. The third kappa shape index (κ3) is 5.80. The molecule has 4 rings (SSSR count). The van der Waals surface area contributed by atoms with Crippen LogP contribution in [0.25, 0.3) is 11.3 Å². The van der Waals surface area contributed by atoms with Gasteiger partial charge in [0, 0.05) is 37.4 Å². The molecule has 1 aliphatic rings. The van der Waals surface area contributed by atoms with E-state index in [0.29, 0.717) is 11.4 Å². The van der Waals surface area contributed by atoms with Crippen LogP contribution in [0, 0.1) is 0 Å². The number of anilines is 2. The molecule has 33 heavy (non-hydrogen) atoms. The lowest BCUT2D eigenvalue weighted by Gasteiger charge is -2.29. The third-order valence-electron chi connectivity index (χ3n) is 5.62. The number of piperazine rings is 1. The summed E-state index contributed by atoms with van der Waals surface area (Å²) >= 11 is 0. The molecule has 0 aliphatic carbocycles. The first-order valence-corrected chi connectivity index (χ1v) is 10.8. The number of rotatable bonds is 4. The van der Waals surface area contributed by atoms with Crippen molar-refractivity contribution in [1.82, 2.24) is 15.3 Å². The van der Waals surface area contributed by atoms with E-state index in [0.717, 1.165) is 37.3 Å². The zero-order chi connectivity index (χ0) is 22.7. The van der Waals surface area contributed by atoms with Gasteiger partial charge in [-0.25, -0.2) is 4.98 Å². The molecule has 0 saturated carbocycles. The quantitative estimate of drug-likeness (QED) is 0.497. The Morgan fingerprint density at radius 1 is 1.06 bits per heavy atom. The maximum atomic E-state index is 12.8. The predicted molar refractivity (Wildman–Crippen MR) is 135 cm³/mol. The van der Waals surface area contributed by atoms with Gasteiger partial charge in [0.05, 0.1) is 23.8 Å². The van der Waals surface area contributed by atoms with E-state index < -0.39 is 5.91 Å². The Bertz CT molecular complexity index is 1110. The number of aromatic hydroxyl groups is 1. The monoisotopic (exact) mass is 467 g/mol. The minimum absolute atomic E-state index is 0. The number of halogens is 1. The number of phenols is 1. The molecule has 0 spiro atoms. The summed E-state index contributed by atoms with van der Waals surface area (Å²) in [6.07, 6.45) is 3.08. The standard InChI is InChI=1S/C25H29N5O2.ClH/c1-25(2,3)18-6-9-23(31)20(14-18)29-24(32)22-16-27-15-21(28-22)17-4-7-19(8-5-17)30-12-10-26-11-13-30;/h4-9,14-16,26,31H,10-13H2,1-3H3,(H,29,32);1H. The van der Waals surface area contributed by atoms with E-state index in [1.165, 1.54) is 11.9 Å². The van der Waals surface area contributed by atoms with E-state index in [-0.39, 0.29) is 29.3 Å². The maximum absolute atomic E-state index is 12.8. The van der Waals surface area contributed by atoms with Gasteiger partial charge in [0.2, 0.25) is 0 Å². The highest BCUT2D eigenvalue weighted by atomic mass is 35.5. The van der Waals surface area contributed by atoms with Crippen molar-refractivity contribution in [2.75, 3.05) is 36.4 Å². The average Bonchev–Trinajstić information content (AvgIpc) is 2.80. The van der Waals surface area contributed by atoms with Crippen LogP contribution < -0.4 is 15.5 Å². The van der Waals surface area contributed by atoms with Gasteiger partial charge in [-0.3, -0.25) is 9.78 Å². The number of nitrogens with zero attached hydrogens (tertiary/aromatic N) is 3. The van der Waals surface area contributed by atoms with Crippen molar-refractivity contribution in [2.24, 2.45) is 0 Å². The maximum Gasteiger partial charge on any atom is 0.275 e. The van der Waals surface area contributed by atoms with E-state index >= 15 is 0 Å². The Labute approximate surface area is 200 Å². The first-order valence-electron chi connectivity index (χ1n) is 10.8. The summed E-state index contributed by atoms with van der Waals surface area (Å²) in [7, 11) is 0. The van der Waals surface area contributed by atoms with E-state index in [1.54, 1.807) is 18.3 Å². The molecular weight excluding hydrogens is 438 g/mol. The highest BCUT2D eigenvalue weighted by molar-refractivity contribution is 6.03. The Morgan fingerprint density at radius 3 is 2.42 bits per heavy atom. The first kappa shape index (κ1) is 24.5. The lowest BCUT2D eigenvalue weighted by atomic mass is 9.87. The summed E-state index contributed by atoms with van der Waals surface area (Å²) in [6.45, 7) is 10.2. The number of carbonyl (C=O) groups excluding carboxylic acids is 1. The van der Waals surface area contributed by atoms with Crippen molar-refractivity contribution < 1.29 is 9.90 Å². The van der Waals surface area contributed by atoms with Crippen molar-refractivity contribution in [2.45, 2.75) is 26.2 Å². The zero-order valence-corrected chi connectivity index (χ0v) is 19.9. The van der Waals surface area contributed by atoms with Gasteiger partial charge >= 0.3 is 0 Å². The fraction of sp³-hybridized carbons (Fsp3) is 0.320. The summed E-state index contributed by atoms with van der Waals surface area (Å²) in [5.74, 6) is -0.405. The second-order valence-electron chi connectivity index (χ2n) is 9.01. The van der Waals surface area contributed by atoms with Crippen LogP contribution in [0.5, 0.6) is 5.75 Å². The topological polar surface area (TPSA) is 90.4 Å². The van der Waals surface area contributed by atoms with Crippen molar-refractivity contribution in [3.8, 4) is 17.0 Å². The fourth-order valence-corrected chi connectivity index (χ4v) is 3.67. The molecule has 2 heterocycles.